The first kappa shape index (κ1) is 16.2. The van der Waals surface area contributed by atoms with E-state index < -0.39 is 15.7 Å². The van der Waals surface area contributed by atoms with E-state index in [1.165, 1.54) is 18.2 Å². The van der Waals surface area contributed by atoms with Gasteiger partial charge in [-0.1, -0.05) is 12.1 Å². The smallest absolute Gasteiger partial charge is 0.175 e. The molecule has 0 spiro atoms. The second-order valence-electron chi connectivity index (χ2n) is 5.31. The number of anilines is 1. The first-order chi connectivity index (χ1) is 11.4. The van der Waals surface area contributed by atoms with Crippen molar-refractivity contribution in [3.8, 4) is 11.3 Å². The molecule has 0 atom stereocenters. The number of nitrogens with zero attached hydrogens (tertiary/aromatic N) is 1. The quantitative estimate of drug-likeness (QED) is 0.765. The van der Waals surface area contributed by atoms with Gasteiger partial charge in [0.1, 0.15) is 0 Å². The van der Waals surface area contributed by atoms with Crippen LogP contribution in [0.3, 0.4) is 0 Å². The van der Waals surface area contributed by atoms with Gasteiger partial charge in [-0.3, -0.25) is 0 Å². The number of halogens is 1. The Morgan fingerprint density at radius 1 is 1.12 bits per heavy atom. The predicted molar refractivity (Wildman–Crippen MR) is 88.8 cm³/mol. The van der Waals surface area contributed by atoms with Crippen LogP contribution >= 0.6 is 0 Å². The van der Waals surface area contributed by atoms with E-state index in [1.807, 2.05) is 0 Å². The van der Waals surface area contributed by atoms with Crippen LogP contribution in [0.4, 0.5) is 10.2 Å². The van der Waals surface area contributed by atoms with Gasteiger partial charge in [-0.05, 0) is 30.3 Å². The maximum Gasteiger partial charge on any atom is 0.175 e. The summed E-state index contributed by atoms with van der Waals surface area (Å²) in [6, 6.07) is 11.0. The van der Waals surface area contributed by atoms with Crippen molar-refractivity contribution in [3.05, 3.63) is 66.4 Å². The zero-order chi connectivity index (χ0) is 17.2. The lowest BCUT2D eigenvalue weighted by Crippen LogP contribution is -2.03. The van der Waals surface area contributed by atoms with Gasteiger partial charge in [-0.25, -0.2) is 17.8 Å². The second-order valence-corrected chi connectivity index (χ2v) is 7.32. The molecule has 0 aliphatic rings. The van der Waals surface area contributed by atoms with Crippen molar-refractivity contribution in [3.63, 3.8) is 0 Å². The highest BCUT2D eigenvalue weighted by molar-refractivity contribution is 7.90. The summed E-state index contributed by atoms with van der Waals surface area (Å²) in [5, 5.41) is 2.92. The molecule has 3 rings (SSSR count). The Morgan fingerprint density at radius 3 is 2.50 bits per heavy atom. The van der Waals surface area contributed by atoms with Gasteiger partial charge in [-0.2, -0.15) is 0 Å². The number of hydrogen-bond donors (Lipinski definition) is 1. The second kappa shape index (κ2) is 6.45. The Kier molecular flexibility index (Phi) is 4.35. The molecule has 7 heteroatoms. The molecule has 0 saturated carbocycles. The van der Waals surface area contributed by atoms with E-state index in [1.54, 1.807) is 36.8 Å². The van der Waals surface area contributed by atoms with Crippen LogP contribution in [0.2, 0.25) is 0 Å². The molecule has 2 aromatic heterocycles. The van der Waals surface area contributed by atoms with E-state index in [-0.39, 0.29) is 10.7 Å². The van der Waals surface area contributed by atoms with Crippen LogP contribution in [-0.2, 0) is 16.4 Å². The average Bonchev–Trinajstić information content (AvgIpc) is 3.07. The molecule has 1 N–H and O–H groups in total. The minimum Gasteiger partial charge on any atom is -0.472 e. The minimum absolute atomic E-state index is 0.126. The van der Waals surface area contributed by atoms with Crippen molar-refractivity contribution in [2.75, 3.05) is 11.6 Å². The van der Waals surface area contributed by atoms with Gasteiger partial charge in [-0.15, -0.1) is 0 Å². The molecule has 0 aliphatic carbocycles. The molecule has 0 radical (unpaired) electrons. The Labute approximate surface area is 139 Å². The predicted octanol–water partition coefficient (Wildman–Crippen LogP) is 3.50. The number of pyridine rings is 1. The van der Waals surface area contributed by atoms with Crippen molar-refractivity contribution < 1.29 is 17.2 Å². The lowest BCUT2D eigenvalue weighted by atomic mass is 10.1. The van der Waals surface area contributed by atoms with Crippen LogP contribution < -0.4 is 5.32 Å². The van der Waals surface area contributed by atoms with Gasteiger partial charge >= 0.3 is 0 Å². The normalized spacial score (nSPS) is 11.4. The summed E-state index contributed by atoms with van der Waals surface area (Å²) < 4.78 is 41.9. The molecule has 0 bridgehead atoms. The van der Waals surface area contributed by atoms with E-state index in [0.717, 1.165) is 11.8 Å². The summed E-state index contributed by atoms with van der Waals surface area (Å²) in [6.07, 6.45) is 4.26. The summed E-state index contributed by atoms with van der Waals surface area (Å²) >= 11 is 0. The van der Waals surface area contributed by atoms with Crippen molar-refractivity contribution in [2.45, 2.75) is 11.4 Å². The molecule has 3 aromatic rings. The molecule has 24 heavy (non-hydrogen) atoms. The number of aromatic nitrogens is 1. The van der Waals surface area contributed by atoms with E-state index in [2.05, 4.69) is 10.3 Å². The number of furan rings is 1. The number of sulfone groups is 1. The Balaban J connectivity index is 1.85. The van der Waals surface area contributed by atoms with Crippen molar-refractivity contribution >= 4 is 15.7 Å². The summed E-state index contributed by atoms with van der Waals surface area (Å²) in [6.45, 7) is 0.386. The third kappa shape index (κ3) is 3.62. The third-order valence-electron chi connectivity index (χ3n) is 3.46. The molecular weight excluding hydrogens is 331 g/mol. The molecule has 1 aromatic carbocycles. The maximum absolute atomic E-state index is 13.9. The highest BCUT2D eigenvalue weighted by atomic mass is 32.2. The Bertz CT molecular complexity index is 936. The Morgan fingerprint density at radius 2 is 1.88 bits per heavy atom. The van der Waals surface area contributed by atoms with Gasteiger partial charge in [0, 0.05) is 23.9 Å². The molecule has 0 unspecified atom stereocenters. The molecular formula is C17H15FN2O3S. The number of rotatable bonds is 5. The lowest BCUT2D eigenvalue weighted by molar-refractivity contribution is 0.564. The monoisotopic (exact) mass is 346 g/mol. The van der Waals surface area contributed by atoms with Crippen LogP contribution in [0.25, 0.3) is 11.3 Å². The maximum atomic E-state index is 13.9. The van der Waals surface area contributed by atoms with Crippen LogP contribution in [0.15, 0.2) is 64.3 Å². The first-order valence-electron chi connectivity index (χ1n) is 7.15. The van der Waals surface area contributed by atoms with Gasteiger partial charge in [0.15, 0.2) is 21.5 Å². The van der Waals surface area contributed by atoms with Gasteiger partial charge in [0.05, 0.1) is 23.1 Å². The van der Waals surface area contributed by atoms with Crippen LogP contribution in [0.1, 0.15) is 5.56 Å². The number of nitrogens with one attached hydrogen (secondary N) is 1. The molecule has 0 amide bonds. The largest absolute Gasteiger partial charge is 0.472 e. The fraction of sp³-hybridized carbons (Fsp3) is 0.118. The molecule has 5 nitrogen and oxygen atoms in total. The standard InChI is InChI=1S/C17H15FN2O3S/c1-24(21,22)14-4-2-13(3-5-14)16-7-6-15(18)17(20-16)19-10-12-8-9-23-11-12/h2-9,11H,10H2,1H3,(H,19,20). The minimum atomic E-state index is -3.25. The van der Waals surface area contributed by atoms with Crippen LogP contribution in [0.5, 0.6) is 0 Å². The molecule has 0 fully saturated rings. The van der Waals surface area contributed by atoms with Crippen molar-refractivity contribution in [1.29, 1.82) is 0 Å². The van der Waals surface area contributed by atoms with E-state index in [0.29, 0.717) is 17.8 Å². The van der Waals surface area contributed by atoms with Crippen LogP contribution in [0, 0.1) is 5.82 Å². The van der Waals surface area contributed by atoms with E-state index in [4.69, 9.17) is 4.42 Å². The first-order valence-corrected chi connectivity index (χ1v) is 9.04. The average molecular weight is 346 g/mol. The van der Waals surface area contributed by atoms with Crippen LogP contribution in [-0.4, -0.2) is 19.7 Å². The molecule has 124 valence electrons. The number of benzene rings is 1. The fourth-order valence-corrected chi connectivity index (χ4v) is 2.81. The Hall–Kier alpha value is -2.67. The SMILES string of the molecule is CS(=O)(=O)c1ccc(-c2ccc(F)c(NCc3ccoc3)n2)cc1. The lowest BCUT2D eigenvalue weighted by Gasteiger charge is -2.08. The topological polar surface area (TPSA) is 72.2 Å². The highest BCUT2D eigenvalue weighted by Gasteiger charge is 2.10. The summed E-state index contributed by atoms with van der Waals surface area (Å²) in [5.41, 5.74) is 2.12. The highest BCUT2D eigenvalue weighted by Crippen LogP contribution is 2.23. The van der Waals surface area contributed by atoms with Gasteiger partial charge in [0.25, 0.3) is 0 Å². The molecule has 0 aliphatic heterocycles. The summed E-state index contributed by atoms with van der Waals surface area (Å²) in [7, 11) is -3.25. The van der Waals surface area contributed by atoms with Gasteiger partial charge < -0.3 is 9.73 Å². The fourth-order valence-electron chi connectivity index (χ4n) is 2.18. The van der Waals surface area contributed by atoms with E-state index in [9.17, 15) is 12.8 Å². The summed E-state index contributed by atoms with van der Waals surface area (Å²) in [5.74, 6) is -0.337. The van der Waals surface area contributed by atoms with Crippen molar-refractivity contribution in [2.24, 2.45) is 0 Å². The van der Waals surface area contributed by atoms with Crippen molar-refractivity contribution in [1.82, 2.24) is 4.98 Å². The molecule has 0 saturated heterocycles. The van der Waals surface area contributed by atoms with E-state index >= 15 is 0 Å². The zero-order valence-corrected chi connectivity index (χ0v) is 13.7. The molecule has 2 heterocycles. The number of hydrogen-bond acceptors (Lipinski definition) is 5. The van der Waals surface area contributed by atoms with Gasteiger partial charge in [0.2, 0.25) is 0 Å². The zero-order valence-electron chi connectivity index (χ0n) is 12.9. The third-order valence-corrected chi connectivity index (χ3v) is 4.59. The summed E-state index contributed by atoms with van der Waals surface area (Å²) in [4.78, 5) is 4.50.